The molecule has 0 saturated carbocycles. The third kappa shape index (κ3) is 5.15. The lowest BCUT2D eigenvalue weighted by atomic mass is 9.85. The number of carbonyl (C=O) groups excluding carboxylic acids is 3. The Morgan fingerprint density at radius 2 is 1.74 bits per heavy atom. The largest absolute Gasteiger partial charge is 0.383 e. The highest BCUT2D eigenvalue weighted by Crippen LogP contribution is 2.35. The van der Waals surface area contributed by atoms with Crippen molar-refractivity contribution in [3.63, 3.8) is 0 Å². The van der Waals surface area contributed by atoms with Gasteiger partial charge in [-0.05, 0) is 31.6 Å². The average molecular weight is 474 g/mol. The fourth-order valence-corrected chi connectivity index (χ4v) is 4.56. The number of nitrogens with two attached hydrogens (primary N) is 1. The molecule has 2 atom stereocenters. The van der Waals surface area contributed by atoms with E-state index in [2.05, 4.69) is 4.98 Å². The number of aromatic amines is 1. The molecule has 10 nitrogen and oxygen atoms in total. The second-order valence-electron chi connectivity index (χ2n) is 9.46. The Kier molecular flexibility index (Phi) is 8.11. The van der Waals surface area contributed by atoms with Crippen LogP contribution in [0.3, 0.4) is 0 Å². The standard InChI is InChI=1S/C24H35N5O5/c1-4-5-12-28-20(25)19(21(31)26-24(28)34)27(13-10-15(2)3)18(30)11-14-29-22(32)16-8-6-7-9-17(16)23(29)33/h6-7,15-17H,4-5,8-14,25H2,1-3H3,(H,26,31,34)/t16-,17+. The number of likely N-dealkylation sites (tertiary alicyclic amines) is 1. The van der Waals surface area contributed by atoms with Gasteiger partial charge in [0.25, 0.3) is 5.56 Å². The first-order valence-corrected chi connectivity index (χ1v) is 12.1. The average Bonchev–Trinajstić information content (AvgIpc) is 3.03. The van der Waals surface area contributed by atoms with Gasteiger partial charge >= 0.3 is 5.69 Å². The fraction of sp³-hybridized carbons (Fsp3) is 0.625. The molecular formula is C24H35N5O5. The van der Waals surface area contributed by atoms with Gasteiger partial charge in [0.05, 0.1) is 11.8 Å². The fourth-order valence-electron chi connectivity index (χ4n) is 4.56. The Morgan fingerprint density at radius 1 is 1.12 bits per heavy atom. The van der Waals surface area contributed by atoms with Gasteiger partial charge in [-0.25, -0.2) is 4.79 Å². The van der Waals surface area contributed by atoms with Crippen LogP contribution in [0.25, 0.3) is 0 Å². The van der Waals surface area contributed by atoms with Gasteiger partial charge in [0, 0.05) is 26.1 Å². The van der Waals surface area contributed by atoms with Crippen LogP contribution in [0, 0.1) is 17.8 Å². The van der Waals surface area contributed by atoms with Gasteiger partial charge < -0.3 is 10.6 Å². The van der Waals surface area contributed by atoms with Crippen LogP contribution in [0.1, 0.15) is 59.3 Å². The maximum absolute atomic E-state index is 13.3. The first-order valence-electron chi connectivity index (χ1n) is 12.1. The maximum Gasteiger partial charge on any atom is 0.330 e. The van der Waals surface area contributed by atoms with Gasteiger partial charge in [0.1, 0.15) is 5.82 Å². The molecule has 186 valence electrons. The molecule has 1 aliphatic heterocycles. The van der Waals surface area contributed by atoms with Crippen molar-refractivity contribution in [3.05, 3.63) is 33.0 Å². The third-order valence-corrected chi connectivity index (χ3v) is 6.60. The molecular weight excluding hydrogens is 438 g/mol. The molecule has 1 aromatic heterocycles. The number of amides is 3. The first kappa shape index (κ1) is 25.5. The summed E-state index contributed by atoms with van der Waals surface area (Å²) in [6.07, 6.45) is 6.88. The number of hydrogen-bond acceptors (Lipinski definition) is 6. The summed E-state index contributed by atoms with van der Waals surface area (Å²) in [7, 11) is 0. The topological polar surface area (TPSA) is 139 Å². The lowest BCUT2D eigenvalue weighted by Gasteiger charge is -2.26. The molecule has 1 aromatic rings. The molecule has 0 spiro atoms. The summed E-state index contributed by atoms with van der Waals surface area (Å²) in [5, 5.41) is 0. The normalized spacial score (nSPS) is 19.7. The molecule has 0 radical (unpaired) electrons. The van der Waals surface area contributed by atoms with E-state index in [1.54, 1.807) is 0 Å². The second kappa shape index (κ2) is 10.8. The Labute approximate surface area is 198 Å². The van der Waals surface area contributed by atoms with Crippen molar-refractivity contribution in [1.29, 1.82) is 0 Å². The van der Waals surface area contributed by atoms with Crippen molar-refractivity contribution < 1.29 is 14.4 Å². The van der Waals surface area contributed by atoms with Crippen LogP contribution in [0.5, 0.6) is 0 Å². The second-order valence-corrected chi connectivity index (χ2v) is 9.46. The van der Waals surface area contributed by atoms with Gasteiger partial charge in [-0.1, -0.05) is 39.3 Å². The molecule has 34 heavy (non-hydrogen) atoms. The molecule has 3 rings (SSSR count). The van der Waals surface area contributed by atoms with Crippen molar-refractivity contribution in [2.45, 2.75) is 65.8 Å². The molecule has 3 N–H and O–H groups in total. The van der Waals surface area contributed by atoms with E-state index >= 15 is 0 Å². The summed E-state index contributed by atoms with van der Waals surface area (Å²) in [6.45, 7) is 6.47. The molecule has 1 aliphatic carbocycles. The number of nitrogen functional groups attached to an aromatic ring is 1. The summed E-state index contributed by atoms with van der Waals surface area (Å²) in [4.78, 5) is 68.6. The minimum Gasteiger partial charge on any atom is -0.383 e. The minimum atomic E-state index is -0.724. The van der Waals surface area contributed by atoms with Crippen LogP contribution < -0.4 is 21.9 Å². The molecule has 1 fully saturated rings. The van der Waals surface area contributed by atoms with E-state index in [0.717, 1.165) is 6.42 Å². The zero-order valence-electron chi connectivity index (χ0n) is 20.2. The zero-order chi connectivity index (χ0) is 25.0. The Hall–Kier alpha value is -3.17. The van der Waals surface area contributed by atoms with E-state index in [1.165, 1.54) is 14.4 Å². The highest BCUT2D eigenvalue weighted by molar-refractivity contribution is 6.06. The van der Waals surface area contributed by atoms with Crippen molar-refractivity contribution in [2.24, 2.45) is 17.8 Å². The van der Waals surface area contributed by atoms with Crippen LogP contribution in [0.2, 0.25) is 0 Å². The van der Waals surface area contributed by atoms with Gasteiger partial charge in [-0.2, -0.15) is 0 Å². The summed E-state index contributed by atoms with van der Waals surface area (Å²) < 4.78 is 1.28. The zero-order valence-corrected chi connectivity index (χ0v) is 20.2. The van der Waals surface area contributed by atoms with Crippen LogP contribution in [0.15, 0.2) is 21.7 Å². The monoisotopic (exact) mass is 473 g/mol. The summed E-state index contributed by atoms with van der Waals surface area (Å²) in [6, 6.07) is 0. The first-order chi connectivity index (χ1) is 16.2. The van der Waals surface area contributed by atoms with E-state index < -0.39 is 17.2 Å². The molecule has 1 saturated heterocycles. The Morgan fingerprint density at radius 3 is 2.29 bits per heavy atom. The van der Waals surface area contributed by atoms with Crippen LogP contribution in [-0.4, -0.2) is 45.3 Å². The molecule has 2 aliphatic rings. The van der Waals surface area contributed by atoms with E-state index in [9.17, 15) is 24.0 Å². The van der Waals surface area contributed by atoms with Crippen molar-refractivity contribution >= 4 is 29.2 Å². The quantitative estimate of drug-likeness (QED) is 0.391. The molecule has 2 heterocycles. The molecule has 0 aromatic carbocycles. The lowest BCUT2D eigenvalue weighted by Crippen LogP contribution is -2.43. The van der Waals surface area contributed by atoms with Crippen molar-refractivity contribution in [1.82, 2.24) is 14.5 Å². The van der Waals surface area contributed by atoms with Gasteiger partial charge in [-0.3, -0.25) is 33.6 Å². The van der Waals surface area contributed by atoms with Gasteiger partial charge in [0.15, 0.2) is 5.69 Å². The Balaban J connectivity index is 1.85. The predicted octanol–water partition coefficient (Wildman–Crippen LogP) is 1.64. The number of carbonyl (C=O) groups is 3. The van der Waals surface area contributed by atoms with Crippen LogP contribution in [-0.2, 0) is 20.9 Å². The summed E-state index contributed by atoms with van der Waals surface area (Å²) in [5.41, 5.74) is 4.84. The molecule has 0 bridgehead atoms. The number of anilines is 2. The molecule has 0 unspecified atom stereocenters. The number of aromatic nitrogens is 2. The maximum atomic E-state index is 13.3. The number of nitrogens with one attached hydrogen (secondary N) is 1. The number of fused-ring (bicyclic) bond motifs is 1. The SMILES string of the molecule is CCCCn1c(N)c(N(CCC(C)C)C(=O)CCN2C(=O)[C@H]3CC=CC[C@H]3C2=O)c(=O)[nH]c1=O. The van der Waals surface area contributed by atoms with Crippen molar-refractivity contribution in [2.75, 3.05) is 23.7 Å². The van der Waals surface area contributed by atoms with Gasteiger partial charge in [-0.15, -0.1) is 0 Å². The number of nitrogens with zero attached hydrogens (tertiary/aromatic N) is 3. The smallest absolute Gasteiger partial charge is 0.330 e. The third-order valence-electron chi connectivity index (χ3n) is 6.60. The number of hydrogen-bond donors (Lipinski definition) is 2. The molecule has 10 heteroatoms. The Bertz CT molecular complexity index is 1060. The number of rotatable bonds is 10. The summed E-state index contributed by atoms with van der Waals surface area (Å²) in [5.74, 6) is -1.43. The van der Waals surface area contributed by atoms with Crippen LogP contribution in [0.4, 0.5) is 11.5 Å². The highest BCUT2D eigenvalue weighted by atomic mass is 16.2. The highest BCUT2D eigenvalue weighted by Gasteiger charge is 2.47. The minimum absolute atomic E-state index is 0.0467. The lowest BCUT2D eigenvalue weighted by molar-refractivity contribution is -0.140. The number of unbranched alkanes of at least 4 members (excludes halogenated alkanes) is 1. The predicted molar refractivity (Wildman–Crippen MR) is 129 cm³/mol. The van der Waals surface area contributed by atoms with Gasteiger partial charge in [0.2, 0.25) is 17.7 Å². The summed E-state index contributed by atoms with van der Waals surface area (Å²) >= 11 is 0. The molecule has 3 amide bonds. The van der Waals surface area contributed by atoms with Crippen molar-refractivity contribution in [3.8, 4) is 0 Å². The number of imide groups is 1. The van der Waals surface area contributed by atoms with E-state index in [4.69, 9.17) is 5.73 Å². The van der Waals surface area contributed by atoms with Crippen LogP contribution >= 0.6 is 0 Å². The number of H-pyrrole nitrogens is 1. The van der Waals surface area contributed by atoms with E-state index in [1.807, 2.05) is 32.9 Å². The van der Waals surface area contributed by atoms with E-state index in [-0.39, 0.29) is 60.6 Å². The number of allylic oxidation sites excluding steroid dienone is 2. The van der Waals surface area contributed by atoms with E-state index in [0.29, 0.717) is 32.2 Å².